The monoisotopic (exact) mass is 492 g/mol. The van der Waals surface area contributed by atoms with Gasteiger partial charge in [-0.15, -0.1) is 6.42 Å². The Morgan fingerprint density at radius 2 is 2.11 bits per heavy atom. The van der Waals surface area contributed by atoms with Crippen molar-refractivity contribution in [2.45, 2.75) is 44.4 Å². The summed E-state index contributed by atoms with van der Waals surface area (Å²) in [4.78, 5) is 0. The normalized spacial score (nSPS) is 24.8. The van der Waals surface area contributed by atoms with Crippen molar-refractivity contribution >= 4 is 31.9 Å². The molecule has 0 aromatic heterocycles. The Labute approximate surface area is 179 Å². The predicted octanol–water partition coefficient (Wildman–Crippen LogP) is 6.74. The van der Waals surface area contributed by atoms with Gasteiger partial charge in [0.1, 0.15) is 5.75 Å². The zero-order valence-electron chi connectivity index (χ0n) is 15.9. The quantitative estimate of drug-likeness (QED) is 0.248. The van der Waals surface area contributed by atoms with Gasteiger partial charge in [0.15, 0.2) is 5.76 Å². The standard InChI is InChI=1S/C23H26Br2O2/c1-4-18(26-2)11-10-17(24)9-8-15-6-5-7-16-14-19-20(25)12-13-21(27-3)23(19)22(15)16/h1,10-13,15-16,22H,5-9,14H2,2-3H3/b17-10+,18-11+/t15-,16-,22?/m0/s1. The van der Waals surface area contributed by atoms with Crippen LogP contribution in [-0.2, 0) is 11.2 Å². The maximum absolute atomic E-state index is 5.74. The summed E-state index contributed by atoms with van der Waals surface area (Å²) in [5.74, 6) is 6.17. The fourth-order valence-electron chi connectivity index (χ4n) is 4.79. The van der Waals surface area contributed by atoms with Crippen LogP contribution >= 0.6 is 31.9 Å². The lowest BCUT2D eigenvalue weighted by Gasteiger charge is -2.35. The Bertz CT molecular complexity index is 788. The van der Waals surface area contributed by atoms with Crippen molar-refractivity contribution in [1.29, 1.82) is 0 Å². The summed E-state index contributed by atoms with van der Waals surface area (Å²) in [5, 5.41) is 0. The smallest absolute Gasteiger partial charge is 0.169 e. The Kier molecular flexibility index (Phi) is 7.11. The number of fused-ring (bicyclic) bond motifs is 3. The van der Waals surface area contributed by atoms with Crippen molar-refractivity contribution in [1.82, 2.24) is 0 Å². The second-order valence-corrected chi connectivity index (χ2v) is 9.23. The molecule has 0 aliphatic heterocycles. The summed E-state index contributed by atoms with van der Waals surface area (Å²) in [7, 11) is 3.39. The van der Waals surface area contributed by atoms with Gasteiger partial charge in [-0.2, -0.15) is 0 Å². The minimum Gasteiger partial charge on any atom is -0.496 e. The van der Waals surface area contributed by atoms with E-state index < -0.39 is 0 Å². The SMILES string of the molecule is C#C/C(=C\C=C(\Br)CC[C@@H]1CCC[C@H]2Cc3c(Br)ccc(OC)c3C12)OC. The summed E-state index contributed by atoms with van der Waals surface area (Å²) >= 11 is 7.46. The largest absolute Gasteiger partial charge is 0.496 e. The van der Waals surface area contributed by atoms with Gasteiger partial charge in [-0.3, -0.25) is 0 Å². The molecule has 3 rings (SSSR count). The van der Waals surface area contributed by atoms with Crippen LogP contribution in [0, 0.1) is 24.2 Å². The molecular formula is C23H26Br2O2. The number of rotatable bonds is 6. The van der Waals surface area contributed by atoms with E-state index in [0.29, 0.717) is 17.6 Å². The molecule has 2 nitrogen and oxygen atoms in total. The van der Waals surface area contributed by atoms with Crippen LogP contribution < -0.4 is 4.74 Å². The summed E-state index contributed by atoms with van der Waals surface area (Å²) in [5.41, 5.74) is 2.92. The fourth-order valence-corrected chi connectivity index (χ4v) is 5.66. The molecule has 1 unspecified atom stereocenters. The van der Waals surface area contributed by atoms with Crippen LogP contribution in [0.5, 0.6) is 5.75 Å². The van der Waals surface area contributed by atoms with Crippen LogP contribution in [0.2, 0.25) is 0 Å². The topological polar surface area (TPSA) is 18.5 Å². The van der Waals surface area contributed by atoms with Crippen LogP contribution in [-0.4, -0.2) is 14.2 Å². The Morgan fingerprint density at radius 1 is 1.30 bits per heavy atom. The Morgan fingerprint density at radius 3 is 2.81 bits per heavy atom. The predicted molar refractivity (Wildman–Crippen MR) is 118 cm³/mol. The Balaban J connectivity index is 1.77. The van der Waals surface area contributed by atoms with E-state index in [1.807, 2.05) is 12.2 Å². The van der Waals surface area contributed by atoms with Crippen LogP contribution in [0.25, 0.3) is 0 Å². The molecule has 2 aliphatic carbocycles. The molecule has 0 bridgehead atoms. The number of ether oxygens (including phenoxy) is 2. The number of terminal acetylenes is 1. The zero-order valence-corrected chi connectivity index (χ0v) is 19.1. The molecule has 4 heteroatoms. The van der Waals surface area contributed by atoms with Gasteiger partial charge in [0.05, 0.1) is 14.2 Å². The highest BCUT2D eigenvalue weighted by atomic mass is 79.9. The molecule has 0 saturated heterocycles. The average Bonchev–Trinajstić information content (AvgIpc) is 3.09. The lowest BCUT2D eigenvalue weighted by Crippen LogP contribution is -2.23. The summed E-state index contributed by atoms with van der Waals surface area (Å²) < 4.78 is 13.3. The van der Waals surface area contributed by atoms with Crippen LogP contribution in [0.15, 0.2) is 39.0 Å². The van der Waals surface area contributed by atoms with Gasteiger partial charge >= 0.3 is 0 Å². The first kappa shape index (κ1) is 20.6. The van der Waals surface area contributed by atoms with Crippen molar-refractivity contribution < 1.29 is 9.47 Å². The molecule has 1 aromatic rings. The highest BCUT2D eigenvalue weighted by Gasteiger charge is 2.42. The van der Waals surface area contributed by atoms with Gasteiger partial charge in [0.2, 0.25) is 0 Å². The molecule has 1 aromatic carbocycles. The lowest BCUT2D eigenvalue weighted by atomic mass is 9.70. The number of methoxy groups -OCH3 is 2. The van der Waals surface area contributed by atoms with E-state index in [2.05, 4.69) is 49.9 Å². The third kappa shape index (κ3) is 4.46. The lowest BCUT2D eigenvalue weighted by molar-refractivity contribution is 0.221. The third-order valence-electron chi connectivity index (χ3n) is 5.98. The van der Waals surface area contributed by atoms with Crippen LogP contribution in [0.3, 0.4) is 0 Å². The number of benzene rings is 1. The first-order valence-corrected chi connectivity index (χ1v) is 11.1. The summed E-state index contributed by atoms with van der Waals surface area (Å²) in [6, 6.07) is 4.25. The van der Waals surface area contributed by atoms with Gasteiger partial charge in [-0.1, -0.05) is 38.3 Å². The summed E-state index contributed by atoms with van der Waals surface area (Å²) in [6.45, 7) is 0. The molecule has 0 N–H and O–H groups in total. The van der Waals surface area contributed by atoms with E-state index in [4.69, 9.17) is 15.9 Å². The molecular weight excluding hydrogens is 468 g/mol. The van der Waals surface area contributed by atoms with E-state index >= 15 is 0 Å². The van der Waals surface area contributed by atoms with E-state index in [1.54, 1.807) is 14.2 Å². The molecule has 0 spiro atoms. The molecule has 27 heavy (non-hydrogen) atoms. The van der Waals surface area contributed by atoms with Gasteiger partial charge in [-0.05, 0) is 90.1 Å². The summed E-state index contributed by atoms with van der Waals surface area (Å²) in [6.07, 6.45) is 16.6. The number of hydrogen-bond acceptors (Lipinski definition) is 2. The molecule has 0 amide bonds. The van der Waals surface area contributed by atoms with Crippen molar-refractivity contribution in [3.63, 3.8) is 0 Å². The van der Waals surface area contributed by atoms with Crippen LogP contribution in [0.1, 0.15) is 49.1 Å². The van der Waals surface area contributed by atoms with E-state index in [9.17, 15) is 0 Å². The second-order valence-electron chi connectivity index (χ2n) is 7.35. The second kappa shape index (κ2) is 9.34. The zero-order chi connectivity index (χ0) is 19.4. The van der Waals surface area contributed by atoms with Gasteiger partial charge < -0.3 is 9.47 Å². The molecule has 3 atom stereocenters. The van der Waals surface area contributed by atoms with Gasteiger partial charge in [0.25, 0.3) is 0 Å². The van der Waals surface area contributed by atoms with Crippen LogP contribution in [0.4, 0.5) is 0 Å². The van der Waals surface area contributed by atoms with Crippen molar-refractivity contribution in [3.8, 4) is 18.1 Å². The van der Waals surface area contributed by atoms with Crippen molar-refractivity contribution in [2.75, 3.05) is 14.2 Å². The third-order valence-corrected chi connectivity index (χ3v) is 7.38. The fraction of sp³-hybridized carbons (Fsp3) is 0.478. The number of allylic oxidation sites excluding steroid dienone is 4. The van der Waals surface area contributed by atoms with Gasteiger partial charge in [-0.25, -0.2) is 0 Å². The molecule has 0 heterocycles. The minimum atomic E-state index is 0.545. The number of halogens is 2. The molecule has 1 fully saturated rings. The number of hydrogen-bond donors (Lipinski definition) is 0. The van der Waals surface area contributed by atoms with E-state index in [0.717, 1.165) is 22.6 Å². The highest BCUT2D eigenvalue weighted by molar-refractivity contribution is 9.11. The first-order chi connectivity index (χ1) is 13.1. The highest BCUT2D eigenvalue weighted by Crippen LogP contribution is 2.55. The Hall–Kier alpha value is -1.18. The van der Waals surface area contributed by atoms with E-state index in [1.165, 1.54) is 47.7 Å². The molecule has 1 saturated carbocycles. The molecule has 2 aliphatic rings. The maximum atomic E-state index is 5.74. The minimum absolute atomic E-state index is 0.545. The van der Waals surface area contributed by atoms with E-state index in [-0.39, 0.29) is 0 Å². The van der Waals surface area contributed by atoms with Crippen molar-refractivity contribution in [3.05, 3.63) is 50.1 Å². The van der Waals surface area contributed by atoms with Crippen molar-refractivity contribution in [2.24, 2.45) is 11.8 Å². The molecule has 144 valence electrons. The van der Waals surface area contributed by atoms with Gasteiger partial charge in [0, 0.05) is 10.0 Å². The first-order valence-electron chi connectivity index (χ1n) is 9.51. The average molecular weight is 494 g/mol. The molecule has 0 radical (unpaired) electrons. The maximum Gasteiger partial charge on any atom is 0.169 e.